The molecule has 0 aromatic carbocycles. The molecule has 0 fully saturated rings. The number of nitrogens with zero attached hydrogens (tertiary/aromatic N) is 2. The minimum absolute atomic E-state index is 0.0853. The Morgan fingerprint density at radius 3 is 3.08 bits per heavy atom. The summed E-state index contributed by atoms with van der Waals surface area (Å²) in [5, 5.41) is 2.83. The number of hydrogen-bond donors (Lipinski definition) is 0. The van der Waals surface area contributed by atoms with Gasteiger partial charge >= 0.3 is 5.97 Å². The molecule has 0 amide bonds. The summed E-state index contributed by atoms with van der Waals surface area (Å²) in [6, 6.07) is 3.58. The van der Waals surface area contributed by atoms with Crippen molar-refractivity contribution < 1.29 is 13.9 Å². The van der Waals surface area contributed by atoms with Crippen molar-refractivity contribution in [2.24, 2.45) is 0 Å². The SMILES string of the molecule is C=CCn1c(SCC(=O)OC)nc2scc(-c3ccco3)c2c1=O. The van der Waals surface area contributed by atoms with Crippen LogP contribution in [-0.2, 0) is 16.1 Å². The van der Waals surface area contributed by atoms with Crippen LogP contribution in [0.3, 0.4) is 0 Å². The lowest BCUT2D eigenvalue weighted by Gasteiger charge is -2.09. The number of aromatic nitrogens is 2. The number of allylic oxidation sites excluding steroid dienone is 1. The van der Waals surface area contributed by atoms with Crippen LogP contribution >= 0.6 is 23.1 Å². The van der Waals surface area contributed by atoms with Gasteiger partial charge in [-0.05, 0) is 12.1 Å². The highest BCUT2D eigenvalue weighted by Crippen LogP contribution is 2.32. The lowest BCUT2D eigenvalue weighted by Crippen LogP contribution is -2.23. The van der Waals surface area contributed by atoms with Crippen molar-refractivity contribution >= 4 is 39.3 Å². The van der Waals surface area contributed by atoms with Crippen LogP contribution in [0.1, 0.15) is 0 Å². The van der Waals surface area contributed by atoms with Crippen LogP contribution in [0.5, 0.6) is 0 Å². The molecule has 3 aromatic heterocycles. The summed E-state index contributed by atoms with van der Waals surface area (Å²) in [5.41, 5.74) is 0.541. The molecule has 0 aliphatic rings. The number of hydrogen-bond acceptors (Lipinski definition) is 7. The van der Waals surface area contributed by atoms with Crippen LogP contribution in [0, 0.1) is 0 Å². The van der Waals surface area contributed by atoms with Gasteiger partial charge in [0.05, 0.1) is 24.5 Å². The van der Waals surface area contributed by atoms with E-state index in [1.807, 2.05) is 5.38 Å². The van der Waals surface area contributed by atoms with Gasteiger partial charge in [0.15, 0.2) is 5.16 Å². The minimum Gasteiger partial charge on any atom is -0.468 e. The first-order valence-electron chi connectivity index (χ1n) is 7.02. The number of methoxy groups -OCH3 is 1. The predicted octanol–water partition coefficient (Wildman–Crippen LogP) is 3.17. The highest BCUT2D eigenvalue weighted by Gasteiger charge is 2.18. The highest BCUT2D eigenvalue weighted by molar-refractivity contribution is 7.99. The van der Waals surface area contributed by atoms with Crippen molar-refractivity contribution in [3.63, 3.8) is 0 Å². The molecule has 0 saturated carbocycles. The molecule has 0 bridgehead atoms. The Morgan fingerprint density at radius 2 is 2.42 bits per heavy atom. The van der Waals surface area contributed by atoms with E-state index in [1.54, 1.807) is 24.5 Å². The maximum absolute atomic E-state index is 12.9. The van der Waals surface area contributed by atoms with Crippen molar-refractivity contribution in [3.05, 3.63) is 46.8 Å². The molecule has 6 nitrogen and oxygen atoms in total. The van der Waals surface area contributed by atoms with Crippen molar-refractivity contribution in [1.82, 2.24) is 9.55 Å². The number of carbonyl (C=O) groups excluding carboxylic acids is 1. The summed E-state index contributed by atoms with van der Waals surface area (Å²) in [5.74, 6) is 0.337. The number of carbonyl (C=O) groups is 1. The Bertz CT molecular complexity index is 941. The van der Waals surface area contributed by atoms with Crippen LogP contribution in [0.4, 0.5) is 0 Å². The number of rotatable bonds is 6. The first-order valence-corrected chi connectivity index (χ1v) is 8.88. The molecular weight excluding hydrogens is 348 g/mol. The number of ether oxygens (including phenoxy) is 1. The van der Waals surface area contributed by atoms with Crippen molar-refractivity contribution in [2.45, 2.75) is 11.7 Å². The van der Waals surface area contributed by atoms with E-state index in [-0.39, 0.29) is 17.3 Å². The zero-order valence-electron chi connectivity index (χ0n) is 12.9. The van der Waals surface area contributed by atoms with E-state index in [9.17, 15) is 9.59 Å². The molecule has 0 radical (unpaired) electrons. The third kappa shape index (κ3) is 3.02. The molecule has 124 valence electrons. The minimum atomic E-state index is -0.373. The predicted molar refractivity (Wildman–Crippen MR) is 94.5 cm³/mol. The summed E-state index contributed by atoms with van der Waals surface area (Å²) in [4.78, 5) is 29.5. The summed E-state index contributed by atoms with van der Waals surface area (Å²) >= 11 is 2.54. The van der Waals surface area contributed by atoms with E-state index in [1.165, 1.54) is 34.8 Å². The molecule has 0 N–H and O–H groups in total. The van der Waals surface area contributed by atoms with E-state index in [0.29, 0.717) is 27.7 Å². The number of esters is 1. The van der Waals surface area contributed by atoms with Gasteiger partial charge in [-0.1, -0.05) is 17.8 Å². The van der Waals surface area contributed by atoms with Gasteiger partial charge in [-0.3, -0.25) is 14.2 Å². The third-order valence-electron chi connectivity index (χ3n) is 3.30. The highest BCUT2D eigenvalue weighted by atomic mass is 32.2. The normalized spacial score (nSPS) is 10.9. The molecule has 0 saturated heterocycles. The van der Waals surface area contributed by atoms with Gasteiger partial charge in [-0.25, -0.2) is 4.98 Å². The summed E-state index contributed by atoms with van der Waals surface area (Å²) in [6.45, 7) is 3.99. The van der Waals surface area contributed by atoms with E-state index >= 15 is 0 Å². The van der Waals surface area contributed by atoms with Crippen LogP contribution < -0.4 is 5.56 Å². The second kappa shape index (κ2) is 7.06. The Kier molecular flexibility index (Phi) is 4.86. The van der Waals surface area contributed by atoms with Crippen LogP contribution in [0.25, 0.3) is 21.5 Å². The molecule has 0 aliphatic carbocycles. The fourth-order valence-electron chi connectivity index (χ4n) is 2.20. The maximum atomic E-state index is 12.9. The number of thioether (sulfide) groups is 1. The molecule has 0 aliphatic heterocycles. The van der Waals surface area contributed by atoms with Crippen molar-refractivity contribution in [2.75, 3.05) is 12.9 Å². The molecule has 0 spiro atoms. The second-order valence-corrected chi connectivity index (χ2v) is 6.57. The first-order chi connectivity index (χ1) is 11.7. The lowest BCUT2D eigenvalue weighted by molar-refractivity contribution is -0.137. The van der Waals surface area contributed by atoms with Crippen LogP contribution in [-0.4, -0.2) is 28.4 Å². The third-order valence-corrected chi connectivity index (χ3v) is 5.13. The molecule has 0 atom stereocenters. The standard InChI is InChI=1S/C16H14N2O4S2/c1-3-6-18-15(20)13-10(11-5-4-7-22-11)8-23-14(13)17-16(18)24-9-12(19)21-2/h3-5,7-8H,1,6,9H2,2H3. The topological polar surface area (TPSA) is 74.3 Å². The zero-order valence-corrected chi connectivity index (χ0v) is 14.5. The summed E-state index contributed by atoms with van der Waals surface area (Å²) in [7, 11) is 1.32. The average molecular weight is 362 g/mol. The zero-order chi connectivity index (χ0) is 17.1. The summed E-state index contributed by atoms with van der Waals surface area (Å²) in [6.07, 6.45) is 3.19. The van der Waals surface area contributed by atoms with Gasteiger partial charge < -0.3 is 9.15 Å². The van der Waals surface area contributed by atoms with Crippen molar-refractivity contribution in [1.29, 1.82) is 0 Å². The van der Waals surface area contributed by atoms with Gasteiger partial charge in [0.25, 0.3) is 5.56 Å². The first kappa shape index (κ1) is 16.5. The number of thiophene rings is 1. The molecular formula is C16H14N2O4S2. The molecule has 8 heteroatoms. The van der Waals surface area contributed by atoms with Crippen LogP contribution in [0.2, 0.25) is 0 Å². The van der Waals surface area contributed by atoms with Gasteiger partial charge in [0.2, 0.25) is 0 Å². The summed E-state index contributed by atoms with van der Waals surface area (Å²) < 4.78 is 11.5. The van der Waals surface area contributed by atoms with E-state index in [4.69, 9.17) is 4.42 Å². The Hall–Kier alpha value is -2.32. The molecule has 0 unspecified atom stereocenters. The number of furan rings is 1. The van der Waals surface area contributed by atoms with E-state index in [0.717, 1.165) is 5.56 Å². The van der Waals surface area contributed by atoms with Crippen LogP contribution in [0.15, 0.2) is 50.8 Å². The quantitative estimate of drug-likeness (QED) is 0.290. The Morgan fingerprint density at radius 1 is 1.58 bits per heavy atom. The van der Waals surface area contributed by atoms with Crippen molar-refractivity contribution in [3.8, 4) is 11.3 Å². The average Bonchev–Trinajstić information content (AvgIpc) is 3.24. The molecule has 3 heterocycles. The monoisotopic (exact) mass is 362 g/mol. The number of fused-ring (bicyclic) bond motifs is 1. The Balaban J connectivity index is 2.13. The maximum Gasteiger partial charge on any atom is 0.316 e. The van der Waals surface area contributed by atoms with Gasteiger partial charge in [-0.15, -0.1) is 17.9 Å². The van der Waals surface area contributed by atoms with Gasteiger partial charge in [0, 0.05) is 17.5 Å². The largest absolute Gasteiger partial charge is 0.468 e. The Labute approximate surface area is 145 Å². The fourth-order valence-corrected chi connectivity index (χ4v) is 4.01. The van der Waals surface area contributed by atoms with Gasteiger partial charge in [-0.2, -0.15) is 0 Å². The lowest BCUT2D eigenvalue weighted by atomic mass is 10.2. The smallest absolute Gasteiger partial charge is 0.316 e. The van der Waals surface area contributed by atoms with Gasteiger partial charge in [0.1, 0.15) is 10.6 Å². The van der Waals surface area contributed by atoms with E-state index < -0.39 is 0 Å². The molecule has 3 aromatic rings. The second-order valence-electron chi connectivity index (χ2n) is 4.77. The molecule has 3 rings (SSSR count). The molecule has 24 heavy (non-hydrogen) atoms. The fraction of sp³-hybridized carbons (Fsp3) is 0.188. The van der Waals surface area contributed by atoms with E-state index in [2.05, 4.69) is 16.3 Å².